The topological polar surface area (TPSA) is 0 Å². The summed E-state index contributed by atoms with van der Waals surface area (Å²) in [6.45, 7) is 0. The maximum Gasteiger partial charge on any atom is 0.0474 e. The van der Waals surface area contributed by atoms with Gasteiger partial charge in [-0.25, -0.2) is 0 Å². The summed E-state index contributed by atoms with van der Waals surface area (Å²) in [5.74, 6) is 0.646. The number of hydrogen-bond donors (Lipinski definition) is 0. The van der Waals surface area contributed by atoms with Crippen LogP contribution >= 0.6 is 11.6 Å². The molecule has 0 atom stereocenters. The summed E-state index contributed by atoms with van der Waals surface area (Å²) >= 11 is 5.77. The molecule has 1 aliphatic rings. The summed E-state index contributed by atoms with van der Waals surface area (Å²) in [4.78, 5) is 0. The minimum atomic E-state index is 0.646. The molecule has 64 valence electrons. The largest absolute Gasteiger partial charge is 0.122 e. The van der Waals surface area contributed by atoms with Gasteiger partial charge in [-0.3, -0.25) is 0 Å². The van der Waals surface area contributed by atoms with Crippen molar-refractivity contribution >= 4 is 11.6 Å². The molecule has 0 bridgehead atoms. The summed E-state index contributed by atoms with van der Waals surface area (Å²) in [5.41, 5.74) is 4.33. The lowest BCUT2D eigenvalue weighted by atomic mass is 9.91. The van der Waals surface area contributed by atoms with Crippen LogP contribution in [0.4, 0.5) is 0 Å². The Labute approximate surface area is 78.6 Å². The van der Waals surface area contributed by atoms with Crippen LogP contribution in [0.5, 0.6) is 0 Å². The van der Waals surface area contributed by atoms with Crippen molar-refractivity contribution in [1.82, 2.24) is 0 Å². The minimum absolute atomic E-state index is 0.646. The molecule has 0 saturated carbocycles. The third-order valence-corrected chi connectivity index (χ3v) is 2.88. The van der Waals surface area contributed by atoms with E-state index >= 15 is 0 Å². The number of aryl methyl sites for hydroxylation is 2. The van der Waals surface area contributed by atoms with Gasteiger partial charge in [-0.15, -0.1) is 11.6 Å². The summed E-state index contributed by atoms with van der Waals surface area (Å²) in [6, 6.07) is 6.66. The molecular formula is C11H13Cl. The van der Waals surface area contributed by atoms with Gasteiger partial charge in [0.2, 0.25) is 0 Å². The first-order chi connectivity index (χ1) is 5.90. The highest BCUT2D eigenvalue weighted by molar-refractivity contribution is 6.17. The Morgan fingerprint density at radius 2 is 1.83 bits per heavy atom. The second-order valence-electron chi connectivity index (χ2n) is 3.44. The predicted octanol–water partition coefficient (Wildman–Crippen LogP) is 3.30. The van der Waals surface area contributed by atoms with Crippen LogP contribution in [0.25, 0.3) is 0 Å². The quantitative estimate of drug-likeness (QED) is 0.582. The fourth-order valence-corrected chi connectivity index (χ4v) is 2.04. The minimum Gasteiger partial charge on any atom is -0.122 e. The number of alkyl halides is 1. The fraction of sp³-hybridized carbons (Fsp3) is 0.455. The molecule has 0 heterocycles. The Bertz CT molecular complexity index is 278. The zero-order valence-electron chi connectivity index (χ0n) is 7.15. The van der Waals surface area contributed by atoms with E-state index in [-0.39, 0.29) is 0 Å². The number of hydrogen-bond acceptors (Lipinski definition) is 0. The van der Waals surface area contributed by atoms with Gasteiger partial charge in [0.25, 0.3) is 0 Å². The van der Waals surface area contributed by atoms with Crippen molar-refractivity contribution in [2.24, 2.45) is 0 Å². The number of benzene rings is 1. The summed E-state index contributed by atoms with van der Waals surface area (Å²) in [7, 11) is 0. The normalized spacial score (nSPS) is 15.8. The second-order valence-corrected chi connectivity index (χ2v) is 3.71. The van der Waals surface area contributed by atoms with Crippen molar-refractivity contribution in [3.05, 3.63) is 34.9 Å². The third kappa shape index (κ3) is 1.49. The van der Waals surface area contributed by atoms with Crippen molar-refractivity contribution < 1.29 is 0 Å². The number of fused-ring (bicyclic) bond motifs is 1. The smallest absolute Gasteiger partial charge is 0.0474 e. The lowest BCUT2D eigenvalue weighted by Gasteiger charge is -2.15. The van der Waals surface area contributed by atoms with Gasteiger partial charge in [-0.05, 0) is 42.4 Å². The van der Waals surface area contributed by atoms with E-state index in [1.54, 1.807) is 0 Å². The van der Waals surface area contributed by atoms with Gasteiger partial charge < -0.3 is 0 Å². The number of halogens is 1. The van der Waals surface area contributed by atoms with E-state index in [1.165, 1.54) is 42.4 Å². The molecule has 0 unspecified atom stereocenters. The van der Waals surface area contributed by atoms with Crippen molar-refractivity contribution in [3.63, 3.8) is 0 Å². The average molecular weight is 181 g/mol. The summed E-state index contributed by atoms with van der Waals surface area (Å²) in [6.07, 6.45) is 5.21. The van der Waals surface area contributed by atoms with Crippen LogP contribution in [0.3, 0.4) is 0 Å². The van der Waals surface area contributed by atoms with E-state index < -0.39 is 0 Å². The molecule has 12 heavy (non-hydrogen) atoms. The van der Waals surface area contributed by atoms with Gasteiger partial charge in [0.05, 0.1) is 0 Å². The molecule has 1 heteroatoms. The van der Waals surface area contributed by atoms with E-state index in [0.717, 1.165) is 0 Å². The third-order valence-electron chi connectivity index (χ3n) is 2.57. The van der Waals surface area contributed by atoms with Gasteiger partial charge in [-0.1, -0.05) is 18.2 Å². The molecule has 1 aliphatic carbocycles. The van der Waals surface area contributed by atoms with Crippen LogP contribution in [-0.2, 0) is 18.7 Å². The van der Waals surface area contributed by atoms with E-state index in [0.29, 0.717) is 5.88 Å². The maximum atomic E-state index is 5.77. The van der Waals surface area contributed by atoms with E-state index in [4.69, 9.17) is 11.6 Å². The first-order valence-electron chi connectivity index (χ1n) is 4.57. The standard InChI is InChI=1S/C11H13Cl/c12-8-9-5-6-10-3-1-2-4-11(10)7-9/h5-7H,1-4,8H2. The van der Waals surface area contributed by atoms with Crippen molar-refractivity contribution in [1.29, 1.82) is 0 Å². The molecule has 1 aromatic rings. The highest BCUT2D eigenvalue weighted by Crippen LogP contribution is 2.22. The lowest BCUT2D eigenvalue weighted by Crippen LogP contribution is -2.02. The molecule has 0 N–H and O–H groups in total. The molecular weight excluding hydrogens is 168 g/mol. The first-order valence-corrected chi connectivity index (χ1v) is 5.10. The lowest BCUT2D eigenvalue weighted by molar-refractivity contribution is 0.685. The van der Waals surface area contributed by atoms with Gasteiger partial charge in [0.1, 0.15) is 0 Å². The van der Waals surface area contributed by atoms with E-state index in [2.05, 4.69) is 18.2 Å². The van der Waals surface area contributed by atoms with Gasteiger partial charge in [0.15, 0.2) is 0 Å². The van der Waals surface area contributed by atoms with Crippen LogP contribution in [0.1, 0.15) is 29.5 Å². The Balaban J connectivity index is 2.36. The summed E-state index contributed by atoms with van der Waals surface area (Å²) < 4.78 is 0. The molecule has 0 fully saturated rings. The molecule has 0 radical (unpaired) electrons. The fourth-order valence-electron chi connectivity index (χ4n) is 1.87. The van der Waals surface area contributed by atoms with Gasteiger partial charge >= 0.3 is 0 Å². The summed E-state index contributed by atoms with van der Waals surface area (Å²) in [5, 5.41) is 0. The second kappa shape index (κ2) is 3.49. The molecule has 0 aromatic heterocycles. The van der Waals surface area contributed by atoms with E-state index in [9.17, 15) is 0 Å². The molecule has 0 amide bonds. The molecule has 2 rings (SSSR count). The zero-order valence-corrected chi connectivity index (χ0v) is 7.90. The zero-order chi connectivity index (χ0) is 8.39. The Kier molecular flexibility index (Phi) is 2.36. The van der Waals surface area contributed by atoms with Gasteiger partial charge in [0, 0.05) is 5.88 Å². The van der Waals surface area contributed by atoms with Gasteiger partial charge in [-0.2, -0.15) is 0 Å². The molecule has 0 spiro atoms. The highest BCUT2D eigenvalue weighted by atomic mass is 35.5. The van der Waals surface area contributed by atoms with Crippen molar-refractivity contribution in [2.75, 3.05) is 0 Å². The predicted molar refractivity (Wildman–Crippen MR) is 52.6 cm³/mol. The monoisotopic (exact) mass is 180 g/mol. The molecule has 0 saturated heterocycles. The van der Waals surface area contributed by atoms with Crippen molar-refractivity contribution in [3.8, 4) is 0 Å². The first kappa shape index (κ1) is 8.12. The molecule has 0 nitrogen and oxygen atoms in total. The number of rotatable bonds is 1. The Morgan fingerprint density at radius 1 is 1.08 bits per heavy atom. The van der Waals surface area contributed by atoms with Crippen molar-refractivity contribution in [2.45, 2.75) is 31.6 Å². The van der Waals surface area contributed by atoms with Crippen LogP contribution in [-0.4, -0.2) is 0 Å². The maximum absolute atomic E-state index is 5.77. The van der Waals surface area contributed by atoms with Crippen LogP contribution < -0.4 is 0 Å². The van der Waals surface area contributed by atoms with Crippen LogP contribution in [0.15, 0.2) is 18.2 Å². The molecule has 0 aliphatic heterocycles. The van der Waals surface area contributed by atoms with Crippen LogP contribution in [0.2, 0.25) is 0 Å². The highest BCUT2D eigenvalue weighted by Gasteiger charge is 2.08. The van der Waals surface area contributed by atoms with E-state index in [1.807, 2.05) is 0 Å². The van der Waals surface area contributed by atoms with Crippen LogP contribution in [0, 0.1) is 0 Å². The Hall–Kier alpha value is -0.490. The average Bonchev–Trinajstić information content (AvgIpc) is 2.17. The Morgan fingerprint density at radius 3 is 2.58 bits per heavy atom. The SMILES string of the molecule is ClCc1ccc2c(c1)CCCC2. The molecule has 1 aromatic carbocycles.